The predicted octanol–water partition coefficient (Wildman–Crippen LogP) is 3.69. The Balaban J connectivity index is 2.20. The number of rotatable bonds is 5. The topological polar surface area (TPSA) is 12.0 Å². The van der Waals surface area contributed by atoms with E-state index in [1.54, 1.807) is 0 Å². The van der Waals surface area contributed by atoms with E-state index in [1.807, 2.05) is 0 Å². The quantitative estimate of drug-likeness (QED) is 0.731. The molecule has 0 aromatic rings. The van der Waals surface area contributed by atoms with Gasteiger partial charge in [-0.3, -0.25) is 0 Å². The average molecular weight is 211 g/mol. The Morgan fingerprint density at radius 1 is 1.27 bits per heavy atom. The third-order valence-electron chi connectivity index (χ3n) is 3.99. The van der Waals surface area contributed by atoms with Crippen LogP contribution in [-0.2, 0) is 0 Å². The van der Waals surface area contributed by atoms with E-state index in [9.17, 15) is 0 Å². The molecule has 0 aliphatic heterocycles. The van der Waals surface area contributed by atoms with Gasteiger partial charge in [0.25, 0.3) is 0 Å². The zero-order valence-corrected chi connectivity index (χ0v) is 11.1. The molecule has 1 aliphatic rings. The van der Waals surface area contributed by atoms with E-state index in [2.05, 4.69) is 33.0 Å². The SMILES string of the molecule is CCC1CCC(CNCC(C)C)C(C)C1. The zero-order chi connectivity index (χ0) is 11.3. The summed E-state index contributed by atoms with van der Waals surface area (Å²) < 4.78 is 0. The van der Waals surface area contributed by atoms with Gasteiger partial charge in [-0.2, -0.15) is 0 Å². The molecular weight excluding hydrogens is 182 g/mol. The van der Waals surface area contributed by atoms with Gasteiger partial charge >= 0.3 is 0 Å². The first kappa shape index (κ1) is 13.0. The van der Waals surface area contributed by atoms with E-state index >= 15 is 0 Å². The van der Waals surface area contributed by atoms with Crippen molar-refractivity contribution in [2.24, 2.45) is 23.7 Å². The lowest BCUT2D eigenvalue weighted by Gasteiger charge is -2.34. The molecule has 0 heterocycles. The van der Waals surface area contributed by atoms with Crippen molar-refractivity contribution in [3.8, 4) is 0 Å². The predicted molar refractivity (Wildman–Crippen MR) is 68.0 cm³/mol. The fraction of sp³-hybridized carbons (Fsp3) is 1.00. The first-order valence-corrected chi connectivity index (χ1v) is 6.84. The van der Waals surface area contributed by atoms with Gasteiger partial charge in [0.15, 0.2) is 0 Å². The lowest BCUT2D eigenvalue weighted by molar-refractivity contribution is 0.185. The summed E-state index contributed by atoms with van der Waals surface area (Å²) in [7, 11) is 0. The number of nitrogens with one attached hydrogen (secondary N) is 1. The maximum atomic E-state index is 3.62. The second-order valence-corrected chi connectivity index (χ2v) is 5.88. The summed E-state index contributed by atoms with van der Waals surface area (Å²) in [4.78, 5) is 0. The van der Waals surface area contributed by atoms with E-state index in [0.717, 1.165) is 23.7 Å². The van der Waals surface area contributed by atoms with Gasteiger partial charge < -0.3 is 5.32 Å². The second-order valence-electron chi connectivity index (χ2n) is 5.88. The highest BCUT2D eigenvalue weighted by Crippen LogP contribution is 2.34. The van der Waals surface area contributed by atoms with Crippen molar-refractivity contribution in [2.45, 2.75) is 53.4 Å². The van der Waals surface area contributed by atoms with Crippen molar-refractivity contribution in [2.75, 3.05) is 13.1 Å². The Kier molecular flexibility index (Phi) is 5.66. The lowest BCUT2D eigenvalue weighted by atomic mass is 9.74. The largest absolute Gasteiger partial charge is 0.316 e. The average Bonchev–Trinajstić information content (AvgIpc) is 2.20. The molecule has 0 aromatic carbocycles. The summed E-state index contributed by atoms with van der Waals surface area (Å²) in [5.74, 6) is 3.67. The van der Waals surface area contributed by atoms with Crippen molar-refractivity contribution in [1.29, 1.82) is 0 Å². The molecule has 0 radical (unpaired) electrons. The molecule has 15 heavy (non-hydrogen) atoms. The van der Waals surface area contributed by atoms with Crippen LogP contribution in [-0.4, -0.2) is 13.1 Å². The Morgan fingerprint density at radius 3 is 2.53 bits per heavy atom. The van der Waals surface area contributed by atoms with Crippen LogP contribution in [0.3, 0.4) is 0 Å². The minimum absolute atomic E-state index is 0.785. The highest BCUT2D eigenvalue weighted by atomic mass is 14.9. The summed E-state index contributed by atoms with van der Waals surface area (Å²) in [6.07, 6.45) is 5.76. The van der Waals surface area contributed by atoms with Crippen molar-refractivity contribution in [1.82, 2.24) is 5.32 Å². The van der Waals surface area contributed by atoms with Crippen LogP contribution in [0.25, 0.3) is 0 Å². The summed E-state index contributed by atoms with van der Waals surface area (Å²) >= 11 is 0. The minimum atomic E-state index is 0.785. The molecule has 1 rings (SSSR count). The van der Waals surface area contributed by atoms with Gasteiger partial charge in [0.05, 0.1) is 0 Å². The first-order chi connectivity index (χ1) is 7.13. The summed E-state index contributed by atoms with van der Waals surface area (Å²) in [6.45, 7) is 11.8. The van der Waals surface area contributed by atoms with Crippen LogP contribution < -0.4 is 5.32 Å². The molecule has 1 fully saturated rings. The maximum Gasteiger partial charge on any atom is -0.00179 e. The monoisotopic (exact) mass is 211 g/mol. The zero-order valence-electron chi connectivity index (χ0n) is 11.1. The second kappa shape index (κ2) is 6.52. The molecule has 3 atom stereocenters. The van der Waals surface area contributed by atoms with Gasteiger partial charge in [0.2, 0.25) is 0 Å². The van der Waals surface area contributed by atoms with Crippen molar-refractivity contribution >= 4 is 0 Å². The van der Waals surface area contributed by atoms with Crippen molar-refractivity contribution < 1.29 is 0 Å². The Bertz CT molecular complexity index is 165. The molecule has 1 nitrogen and oxygen atoms in total. The number of hydrogen-bond acceptors (Lipinski definition) is 1. The van der Waals surface area contributed by atoms with Gasteiger partial charge in [0, 0.05) is 0 Å². The standard InChI is InChI=1S/C14H29N/c1-5-13-6-7-14(12(4)8-13)10-15-9-11(2)3/h11-15H,5-10H2,1-4H3. The third kappa shape index (κ3) is 4.55. The number of hydrogen-bond donors (Lipinski definition) is 1. The van der Waals surface area contributed by atoms with E-state index in [1.165, 1.54) is 38.8 Å². The van der Waals surface area contributed by atoms with E-state index in [0.29, 0.717) is 0 Å². The molecule has 0 amide bonds. The van der Waals surface area contributed by atoms with Crippen LogP contribution in [0.4, 0.5) is 0 Å². The van der Waals surface area contributed by atoms with Crippen LogP contribution >= 0.6 is 0 Å². The van der Waals surface area contributed by atoms with Gasteiger partial charge in [-0.05, 0) is 49.6 Å². The minimum Gasteiger partial charge on any atom is -0.316 e. The third-order valence-corrected chi connectivity index (χ3v) is 3.99. The fourth-order valence-corrected chi connectivity index (χ4v) is 2.80. The Hall–Kier alpha value is -0.0400. The lowest BCUT2D eigenvalue weighted by Crippen LogP contribution is -2.33. The molecular formula is C14H29N. The van der Waals surface area contributed by atoms with Crippen LogP contribution in [0.5, 0.6) is 0 Å². The summed E-state index contributed by atoms with van der Waals surface area (Å²) in [5.41, 5.74) is 0. The van der Waals surface area contributed by atoms with Gasteiger partial charge in [-0.1, -0.05) is 40.5 Å². The van der Waals surface area contributed by atoms with Crippen molar-refractivity contribution in [3.63, 3.8) is 0 Å². The molecule has 0 bridgehead atoms. The molecule has 1 saturated carbocycles. The first-order valence-electron chi connectivity index (χ1n) is 6.84. The molecule has 3 unspecified atom stereocenters. The fourth-order valence-electron chi connectivity index (χ4n) is 2.80. The van der Waals surface area contributed by atoms with Crippen LogP contribution in [0.2, 0.25) is 0 Å². The molecule has 0 aromatic heterocycles. The van der Waals surface area contributed by atoms with Gasteiger partial charge in [-0.15, -0.1) is 0 Å². The van der Waals surface area contributed by atoms with E-state index < -0.39 is 0 Å². The smallest absolute Gasteiger partial charge is 0.00179 e. The highest BCUT2D eigenvalue weighted by Gasteiger charge is 2.25. The Labute approximate surface area is 96.0 Å². The summed E-state index contributed by atoms with van der Waals surface area (Å²) in [5, 5.41) is 3.62. The van der Waals surface area contributed by atoms with E-state index in [4.69, 9.17) is 0 Å². The van der Waals surface area contributed by atoms with E-state index in [-0.39, 0.29) is 0 Å². The van der Waals surface area contributed by atoms with Crippen LogP contribution in [0, 0.1) is 23.7 Å². The normalized spacial score (nSPS) is 32.2. The Morgan fingerprint density at radius 2 is 2.00 bits per heavy atom. The molecule has 1 aliphatic carbocycles. The van der Waals surface area contributed by atoms with Crippen LogP contribution in [0.1, 0.15) is 53.4 Å². The maximum absolute atomic E-state index is 3.62. The van der Waals surface area contributed by atoms with Crippen LogP contribution in [0.15, 0.2) is 0 Å². The van der Waals surface area contributed by atoms with Gasteiger partial charge in [-0.25, -0.2) is 0 Å². The highest BCUT2D eigenvalue weighted by molar-refractivity contribution is 4.78. The molecule has 1 heteroatoms. The molecule has 0 spiro atoms. The van der Waals surface area contributed by atoms with Crippen molar-refractivity contribution in [3.05, 3.63) is 0 Å². The molecule has 0 saturated heterocycles. The summed E-state index contributed by atoms with van der Waals surface area (Å²) in [6, 6.07) is 0. The molecule has 90 valence electrons. The molecule has 1 N–H and O–H groups in total. The van der Waals surface area contributed by atoms with Gasteiger partial charge in [0.1, 0.15) is 0 Å².